The van der Waals surface area contributed by atoms with Crippen LogP contribution in [0.25, 0.3) is 0 Å². The Morgan fingerprint density at radius 1 is 1.04 bits per heavy atom. The Hall–Kier alpha value is -3.12. The fourth-order valence-corrected chi connectivity index (χ4v) is 4.20. The van der Waals surface area contributed by atoms with E-state index in [-0.39, 0.29) is 18.2 Å². The van der Waals surface area contributed by atoms with Gasteiger partial charge in [0.15, 0.2) is 0 Å². The minimum Gasteiger partial charge on any atom is -0.325 e. The van der Waals surface area contributed by atoms with E-state index in [1.807, 2.05) is 48.5 Å². The molecule has 5 rings (SSSR count). The monoisotopic (exact) mass is 378 g/mol. The lowest BCUT2D eigenvalue weighted by molar-refractivity contribution is -0.125. The van der Waals surface area contributed by atoms with Crippen LogP contribution in [0.3, 0.4) is 0 Å². The highest BCUT2D eigenvalue weighted by molar-refractivity contribution is 6.31. The lowest BCUT2D eigenvalue weighted by Gasteiger charge is -2.31. The molecular weight excluding hydrogens is 364 g/mol. The number of para-hydroxylation sites is 1. The smallest absolute Gasteiger partial charge is 0.240 e. The Balaban J connectivity index is 1.67. The summed E-state index contributed by atoms with van der Waals surface area (Å²) in [6.07, 6.45) is 1.73. The number of amides is 2. The number of carbonyl (C=O) groups is 2. The summed E-state index contributed by atoms with van der Waals surface area (Å²) >= 11 is 6.27. The Labute approximate surface area is 160 Å². The Morgan fingerprint density at radius 2 is 1.81 bits per heavy atom. The number of carbonyl (C=O) groups excluding carboxylic acids is 2. The molecule has 134 valence electrons. The average Bonchev–Trinajstić information content (AvgIpc) is 3.17. The van der Waals surface area contributed by atoms with Gasteiger partial charge in [0.2, 0.25) is 11.8 Å². The van der Waals surface area contributed by atoms with Crippen LogP contribution in [-0.2, 0) is 21.5 Å². The van der Waals surface area contributed by atoms with E-state index in [1.54, 1.807) is 10.9 Å². The zero-order valence-corrected chi connectivity index (χ0v) is 15.0. The summed E-state index contributed by atoms with van der Waals surface area (Å²) in [4.78, 5) is 25.5. The fourth-order valence-electron chi connectivity index (χ4n) is 4.01. The van der Waals surface area contributed by atoms with Gasteiger partial charge in [-0.25, -0.2) is 4.68 Å². The third kappa shape index (κ3) is 2.23. The summed E-state index contributed by atoms with van der Waals surface area (Å²) in [6, 6.07) is 15.0. The molecule has 0 saturated carbocycles. The third-order valence-corrected chi connectivity index (χ3v) is 5.65. The predicted octanol–water partition coefficient (Wildman–Crippen LogP) is 3.17. The lowest BCUT2D eigenvalue weighted by atomic mass is 9.72. The van der Waals surface area contributed by atoms with Gasteiger partial charge in [0.1, 0.15) is 11.2 Å². The van der Waals surface area contributed by atoms with Crippen molar-refractivity contribution in [3.05, 3.63) is 76.4 Å². The molecule has 0 fully saturated rings. The van der Waals surface area contributed by atoms with E-state index in [0.717, 1.165) is 16.8 Å². The molecule has 1 spiro atoms. The molecule has 3 heterocycles. The summed E-state index contributed by atoms with van der Waals surface area (Å²) in [7, 11) is 0. The van der Waals surface area contributed by atoms with Gasteiger partial charge in [-0.1, -0.05) is 48.0 Å². The topological polar surface area (TPSA) is 76.0 Å². The van der Waals surface area contributed by atoms with Crippen LogP contribution in [0.15, 0.2) is 54.7 Å². The molecule has 0 bridgehead atoms. The SMILES string of the molecule is O=C1C[C@]2(C(=O)Nc3ccccc32)c2cnn(Cc3ccccc3Cl)c2N1. The second-order valence-electron chi connectivity index (χ2n) is 6.79. The zero-order valence-electron chi connectivity index (χ0n) is 14.2. The summed E-state index contributed by atoms with van der Waals surface area (Å²) in [6.45, 7) is 0.397. The molecule has 2 aliphatic heterocycles. The number of rotatable bonds is 2. The van der Waals surface area contributed by atoms with Crippen LogP contribution in [0.5, 0.6) is 0 Å². The van der Waals surface area contributed by atoms with Gasteiger partial charge < -0.3 is 10.6 Å². The Kier molecular flexibility index (Phi) is 3.39. The molecule has 0 saturated heterocycles. The molecule has 2 amide bonds. The van der Waals surface area contributed by atoms with E-state index in [1.165, 1.54) is 0 Å². The number of aromatic nitrogens is 2. The lowest BCUT2D eigenvalue weighted by Crippen LogP contribution is -2.43. The predicted molar refractivity (Wildman–Crippen MR) is 102 cm³/mol. The maximum atomic E-state index is 13.0. The molecular formula is C20H15ClN4O2. The van der Waals surface area contributed by atoms with Crippen molar-refractivity contribution in [2.45, 2.75) is 18.4 Å². The van der Waals surface area contributed by atoms with Crippen LogP contribution in [0.1, 0.15) is 23.1 Å². The normalized spacial score (nSPS) is 20.2. The molecule has 2 aromatic carbocycles. The van der Waals surface area contributed by atoms with Gasteiger partial charge in [-0.15, -0.1) is 0 Å². The molecule has 1 aromatic heterocycles. The molecule has 6 nitrogen and oxygen atoms in total. The molecule has 1 atom stereocenters. The zero-order chi connectivity index (χ0) is 18.6. The number of fused-ring (bicyclic) bond motifs is 4. The van der Waals surface area contributed by atoms with Crippen LogP contribution >= 0.6 is 11.6 Å². The van der Waals surface area contributed by atoms with Gasteiger partial charge in [0.25, 0.3) is 0 Å². The number of nitrogens with one attached hydrogen (secondary N) is 2. The maximum Gasteiger partial charge on any atom is 0.240 e. The largest absolute Gasteiger partial charge is 0.325 e. The fraction of sp³-hybridized carbons (Fsp3) is 0.150. The summed E-state index contributed by atoms with van der Waals surface area (Å²) in [5.74, 6) is 0.130. The van der Waals surface area contributed by atoms with E-state index in [0.29, 0.717) is 22.9 Å². The molecule has 2 N–H and O–H groups in total. The first-order chi connectivity index (χ1) is 13.1. The van der Waals surface area contributed by atoms with E-state index >= 15 is 0 Å². The van der Waals surface area contributed by atoms with E-state index in [4.69, 9.17) is 11.6 Å². The molecule has 2 aliphatic rings. The standard InChI is InChI=1S/C20H15ClN4O2/c21-15-7-3-1-5-12(15)11-25-18-14(10-22-25)20(9-17(26)24-18)13-6-2-4-8-16(13)23-19(20)27/h1-8,10H,9,11H2,(H,23,27)(H,24,26)/t20-/m1/s1. The number of nitrogens with zero attached hydrogens (tertiary/aromatic N) is 2. The Bertz CT molecular complexity index is 1110. The Morgan fingerprint density at radius 3 is 2.67 bits per heavy atom. The number of hydrogen-bond donors (Lipinski definition) is 2. The third-order valence-electron chi connectivity index (χ3n) is 5.28. The summed E-state index contributed by atoms with van der Waals surface area (Å²) in [5, 5.41) is 10.9. The van der Waals surface area contributed by atoms with Gasteiger partial charge in [-0.3, -0.25) is 9.59 Å². The first-order valence-electron chi connectivity index (χ1n) is 8.60. The van der Waals surface area contributed by atoms with Crippen molar-refractivity contribution in [3.8, 4) is 0 Å². The van der Waals surface area contributed by atoms with Gasteiger partial charge in [-0.2, -0.15) is 5.10 Å². The number of anilines is 2. The molecule has 7 heteroatoms. The summed E-state index contributed by atoms with van der Waals surface area (Å²) < 4.78 is 1.68. The van der Waals surface area contributed by atoms with Gasteiger partial charge >= 0.3 is 0 Å². The van der Waals surface area contributed by atoms with Gasteiger partial charge in [0, 0.05) is 22.7 Å². The van der Waals surface area contributed by atoms with Crippen LogP contribution < -0.4 is 10.6 Å². The van der Waals surface area contributed by atoms with Crippen LogP contribution in [0.2, 0.25) is 5.02 Å². The molecule has 0 aliphatic carbocycles. The van der Waals surface area contributed by atoms with E-state index < -0.39 is 5.41 Å². The van der Waals surface area contributed by atoms with E-state index in [9.17, 15) is 9.59 Å². The highest BCUT2D eigenvalue weighted by atomic mass is 35.5. The van der Waals surface area contributed by atoms with Crippen LogP contribution in [0, 0.1) is 0 Å². The van der Waals surface area contributed by atoms with Gasteiger partial charge in [-0.05, 0) is 23.3 Å². The first-order valence-corrected chi connectivity index (χ1v) is 8.98. The minimum absolute atomic E-state index is 0.0562. The van der Waals surface area contributed by atoms with Crippen LogP contribution in [0.4, 0.5) is 11.5 Å². The van der Waals surface area contributed by atoms with Crippen molar-refractivity contribution in [1.29, 1.82) is 0 Å². The molecule has 3 aromatic rings. The number of hydrogen-bond acceptors (Lipinski definition) is 3. The highest BCUT2D eigenvalue weighted by Crippen LogP contribution is 2.49. The average molecular weight is 379 g/mol. The minimum atomic E-state index is -1.05. The van der Waals surface area contributed by atoms with Crippen molar-refractivity contribution >= 4 is 34.9 Å². The van der Waals surface area contributed by atoms with Crippen molar-refractivity contribution in [2.75, 3.05) is 10.6 Å². The number of benzene rings is 2. The highest BCUT2D eigenvalue weighted by Gasteiger charge is 2.54. The number of halogens is 1. The summed E-state index contributed by atoms with van der Waals surface area (Å²) in [5.41, 5.74) is 2.09. The second-order valence-corrected chi connectivity index (χ2v) is 7.19. The second kappa shape index (κ2) is 5.69. The van der Waals surface area contributed by atoms with Crippen molar-refractivity contribution < 1.29 is 9.59 Å². The molecule has 27 heavy (non-hydrogen) atoms. The van der Waals surface area contributed by atoms with Crippen molar-refractivity contribution in [2.24, 2.45) is 0 Å². The quantitative estimate of drug-likeness (QED) is 0.719. The van der Waals surface area contributed by atoms with Crippen molar-refractivity contribution in [1.82, 2.24) is 9.78 Å². The first kappa shape index (κ1) is 16.1. The molecule has 0 unspecified atom stereocenters. The van der Waals surface area contributed by atoms with Crippen molar-refractivity contribution in [3.63, 3.8) is 0 Å². The van der Waals surface area contributed by atoms with Crippen LogP contribution in [-0.4, -0.2) is 21.6 Å². The maximum absolute atomic E-state index is 13.0. The van der Waals surface area contributed by atoms with Gasteiger partial charge in [0.05, 0.1) is 12.7 Å². The molecule has 0 radical (unpaired) electrons. The van der Waals surface area contributed by atoms with E-state index in [2.05, 4.69) is 15.7 Å².